The Hall–Kier alpha value is -2.17. The summed E-state index contributed by atoms with van der Waals surface area (Å²) < 4.78 is 5.39. The fourth-order valence-corrected chi connectivity index (χ4v) is 2.78. The first kappa shape index (κ1) is 14.8. The number of halogens is 1. The average Bonchev–Trinajstić information content (AvgIpc) is 2.64. The molecule has 0 fully saturated rings. The third-order valence-electron chi connectivity index (χ3n) is 3.66. The van der Waals surface area contributed by atoms with Crippen molar-refractivity contribution in [2.24, 2.45) is 10.7 Å². The Morgan fingerprint density at radius 3 is 2.77 bits per heavy atom. The van der Waals surface area contributed by atoms with Crippen LogP contribution in [0.4, 0.5) is 0 Å². The minimum atomic E-state index is -0.883. The van der Waals surface area contributed by atoms with Crippen molar-refractivity contribution in [1.82, 2.24) is 0 Å². The number of aliphatic imine (C=N–C) groups is 1. The van der Waals surface area contributed by atoms with Gasteiger partial charge in [-0.25, -0.2) is 0 Å². The summed E-state index contributed by atoms with van der Waals surface area (Å²) in [5.74, 6) is 0.525. The normalized spacial score (nSPS) is 17.5. The zero-order valence-corrected chi connectivity index (χ0v) is 12.8. The van der Waals surface area contributed by atoms with Gasteiger partial charge in [0.1, 0.15) is 5.75 Å². The molecule has 1 aliphatic heterocycles. The Morgan fingerprint density at radius 2 is 2.05 bits per heavy atom. The van der Waals surface area contributed by atoms with E-state index in [0.717, 1.165) is 16.7 Å². The molecule has 0 saturated heterocycles. The quantitative estimate of drug-likeness (QED) is 0.926. The molecule has 4 nitrogen and oxygen atoms in total. The van der Waals surface area contributed by atoms with Crippen LogP contribution in [0.5, 0.6) is 5.75 Å². The monoisotopic (exact) mass is 314 g/mol. The Bertz CT molecular complexity index is 771. The van der Waals surface area contributed by atoms with Crippen LogP contribution in [-0.4, -0.2) is 24.8 Å². The van der Waals surface area contributed by atoms with Gasteiger partial charge in [0, 0.05) is 28.1 Å². The number of hydrogen-bond donors (Lipinski definition) is 1. The van der Waals surface area contributed by atoms with Gasteiger partial charge in [0.05, 0.1) is 12.8 Å². The number of fused-ring (bicyclic) bond motifs is 1. The highest BCUT2D eigenvalue weighted by molar-refractivity contribution is 6.31. The first-order chi connectivity index (χ1) is 10.6. The van der Waals surface area contributed by atoms with E-state index in [9.17, 15) is 4.79 Å². The Balaban J connectivity index is 2.25. The molecule has 3 rings (SSSR count). The van der Waals surface area contributed by atoms with Gasteiger partial charge >= 0.3 is 0 Å². The third-order valence-corrected chi connectivity index (χ3v) is 3.89. The van der Waals surface area contributed by atoms with E-state index in [1.165, 1.54) is 0 Å². The van der Waals surface area contributed by atoms with Crippen molar-refractivity contribution in [2.45, 2.75) is 12.6 Å². The smallest absolute Gasteiger partial charge is 0.176 e. The van der Waals surface area contributed by atoms with E-state index in [1.54, 1.807) is 13.2 Å². The highest BCUT2D eigenvalue weighted by Gasteiger charge is 2.25. The van der Waals surface area contributed by atoms with Crippen LogP contribution in [0.3, 0.4) is 0 Å². The zero-order chi connectivity index (χ0) is 15.7. The molecular formula is C17H15ClN2O2. The van der Waals surface area contributed by atoms with E-state index in [4.69, 9.17) is 22.1 Å². The van der Waals surface area contributed by atoms with E-state index in [2.05, 4.69) is 4.99 Å². The van der Waals surface area contributed by atoms with Crippen LogP contribution in [0.2, 0.25) is 5.02 Å². The molecule has 1 atom stereocenters. The van der Waals surface area contributed by atoms with Crippen LogP contribution < -0.4 is 10.5 Å². The number of nitrogens with zero attached hydrogens (tertiary/aromatic N) is 1. The SMILES string of the molecule is COc1cccc2c1CC(=O)C(N)N=C2c1cccc(Cl)c1. The fraction of sp³-hybridized carbons (Fsp3) is 0.176. The van der Waals surface area contributed by atoms with E-state index >= 15 is 0 Å². The molecule has 5 heteroatoms. The van der Waals surface area contributed by atoms with Crippen molar-refractivity contribution in [3.05, 3.63) is 64.2 Å². The first-order valence-corrected chi connectivity index (χ1v) is 7.26. The molecule has 1 unspecified atom stereocenters. The lowest BCUT2D eigenvalue weighted by molar-refractivity contribution is -0.119. The summed E-state index contributed by atoms with van der Waals surface area (Å²) in [5, 5.41) is 0.605. The van der Waals surface area contributed by atoms with Crippen LogP contribution in [-0.2, 0) is 11.2 Å². The van der Waals surface area contributed by atoms with Crippen molar-refractivity contribution in [3.63, 3.8) is 0 Å². The summed E-state index contributed by atoms with van der Waals surface area (Å²) in [5.41, 5.74) is 9.05. The maximum absolute atomic E-state index is 12.2. The van der Waals surface area contributed by atoms with Gasteiger partial charge in [-0.15, -0.1) is 0 Å². The standard InChI is InChI=1S/C17H15ClN2O2/c1-22-15-7-3-6-12-13(15)9-14(21)17(19)20-16(12)10-4-2-5-11(18)8-10/h2-8,17H,9,19H2,1H3. The molecular weight excluding hydrogens is 300 g/mol. The lowest BCUT2D eigenvalue weighted by Gasteiger charge is -2.13. The second-order valence-electron chi connectivity index (χ2n) is 5.06. The number of carbonyl (C=O) groups excluding carboxylic acids is 1. The van der Waals surface area contributed by atoms with Gasteiger partial charge in [0.15, 0.2) is 11.9 Å². The summed E-state index contributed by atoms with van der Waals surface area (Å²) in [4.78, 5) is 16.6. The molecule has 22 heavy (non-hydrogen) atoms. The Morgan fingerprint density at radius 1 is 1.27 bits per heavy atom. The topological polar surface area (TPSA) is 64.7 Å². The van der Waals surface area contributed by atoms with Gasteiger partial charge in [0.25, 0.3) is 0 Å². The predicted octanol–water partition coefficient (Wildman–Crippen LogP) is 2.60. The van der Waals surface area contributed by atoms with Gasteiger partial charge in [-0.05, 0) is 18.2 Å². The summed E-state index contributed by atoms with van der Waals surface area (Å²) in [6.45, 7) is 0. The molecule has 0 radical (unpaired) electrons. The molecule has 2 N–H and O–H groups in total. The number of benzene rings is 2. The minimum absolute atomic E-state index is 0.136. The minimum Gasteiger partial charge on any atom is -0.496 e. The van der Waals surface area contributed by atoms with Crippen molar-refractivity contribution in [1.29, 1.82) is 0 Å². The number of rotatable bonds is 2. The lowest BCUT2D eigenvalue weighted by atomic mass is 9.95. The first-order valence-electron chi connectivity index (χ1n) is 6.88. The van der Waals surface area contributed by atoms with Crippen LogP contribution in [0, 0.1) is 0 Å². The van der Waals surface area contributed by atoms with Crippen LogP contribution >= 0.6 is 11.6 Å². The molecule has 0 spiro atoms. The van der Waals surface area contributed by atoms with Crippen molar-refractivity contribution in [3.8, 4) is 5.75 Å². The van der Waals surface area contributed by atoms with Gasteiger partial charge in [-0.2, -0.15) is 0 Å². The molecule has 0 aliphatic carbocycles. The molecule has 0 saturated carbocycles. The van der Waals surface area contributed by atoms with Crippen LogP contribution in [0.25, 0.3) is 0 Å². The number of carbonyl (C=O) groups is 1. The number of Topliss-reactive ketones (excluding diaryl/α,β-unsaturated/α-hetero) is 1. The van der Waals surface area contributed by atoms with Gasteiger partial charge in [-0.1, -0.05) is 35.9 Å². The second-order valence-corrected chi connectivity index (χ2v) is 5.50. The number of ether oxygens (including phenoxy) is 1. The van der Waals surface area contributed by atoms with Gasteiger partial charge in [0.2, 0.25) is 0 Å². The maximum atomic E-state index is 12.2. The lowest BCUT2D eigenvalue weighted by Crippen LogP contribution is -2.29. The molecule has 0 aromatic heterocycles. The molecule has 112 valence electrons. The van der Waals surface area contributed by atoms with Crippen molar-refractivity contribution < 1.29 is 9.53 Å². The number of nitrogens with two attached hydrogens (primary N) is 1. The summed E-state index contributed by atoms with van der Waals surface area (Å²) in [6.07, 6.45) is -0.681. The van der Waals surface area contributed by atoms with Gasteiger partial charge in [-0.3, -0.25) is 9.79 Å². The molecule has 0 amide bonds. The summed E-state index contributed by atoms with van der Waals surface area (Å²) in [6, 6.07) is 13.0. The largest absolute Gasteiger partial charge is 0.496 e. The highest BCUT2D eigenvalue weighted by Crippen LogP contribution is 2.28. The summed E-state index contributed by atoms with van der Waals surface area (Å²) in [7, 11) is 1.58. The predicted molar refractivity (Wildman–Crippen MR) is 86.8 cm³/mol. The number of hydrogen-bond acceptors (Lipinski definition) is 4. The molecule has 0 bridgehead atoms. The van der Waals surface area contributed by atoms with Crippen LogP contribution in [0.1, 0.15) is 16.7 Å². The number of methoxy groups -OCH3 is 1. The van der Waals surface area contributed by atoms with Crippen LogP contribution in [0.15, 0.2) is 47.5 Å². The Kier molecular flexibility index (Phi) is 3.96. The highest BCUT2D eigenvalue weighted by atomic mass is 35.5. The summed E-state index contributed by atoms with van der Waals surface area (Å²) >= 11 is 6.08. The van der Waals surface area contributed by atoms with E-state index in [1.807, 2.05) is 36.4 Å². The second kappa shape index (κ2) is 5.91. The average molecular weight is 315 g/mol. The number of ketones is 1. The zero-order valence-electron chi connectivity index (χ0n) is 12.0. The van der Waals surface area contributed by atoms with E-state index in [-0.39, 0.29) is 12.2 Å². The molecule has 2 aromatic carbocycles. The van der Waals surface area contributed by atoms with Crippen molar-refractivity contribution >= 4 is 23.1 Å². The van der Waals surface area contributed by atoms with E-state index in [0.29, 0.717) is 16.5 Å². The molecule has 1 heterocycles. The molecule has 2 aromatic rings. The third kappa shape index (κ3) is 2.63. The Labute approximate surface area is 133 Å². The van der Waals surface area contributed by atoms with Gasteiger partial charge < -0.3 is 10.5 Å². The maximum Gasteiger partial charge on any atom is 0.176 e. The fourth-order valence-electron chi connectivity index (χ4n) is 2.59. The van der Waals surface area contributed by atoms with Crippen molar-refractivity contribution in [2.75, 3.05) is 7.11 Å². The van der Waals surface area contributed by atoms with E-state index < -0.39 is 6.17 Å². The molecule has 1 aliphatic rings.